The van der Waals surface area contributed by atoms with E-state index in [9.17, 15) is 31.1 Å². The highest BCUT2D eigenvalue weighted by Gasteiger charge is 2.39. The molecule has 0 atom stereocenters. The Balaban J connectivity index is 2.30. The van der Waals surface area contributed by atoms with Crippen LogP contribution in [0.1, 0.15) is 27.2 Å². The van der Waals surface area contributed by atoms with Crippen LogP contribution in [-0.2, 0) is 18.9 Å². The fourth-order valence-electron chi connectivity index (χ4n) is 1.92. The molecule has 0 saturated heterocycles. The van der Waals surface area contributed by atoms with Crippen LogP contribution in [0.15, 0.2) is 42.6 Å². The number of pyridine rings is 1. The number of nitrogens with one attached hydrogen (secondary N) is 1. The molecule has 1 amide bonds. The van der Waals surface area contributed by atoms with E-state index in [0.29, 0.717) is 17.8 Å². The minimum Gasteiger partial charge on any atom is -0.346 e. The van der Waals surface area contributed by atoms with Crippen molar-refractivity contribution >= 4 is 5.91 Å². The average molecular weight is 348 g/mol. The second-order valence-corrected chi connectivity index (χ2v) is 4.76. The van der Waals surface area contributed by atoms with Gasteiger partial charge >= 0.3 is 12.4 Å². The van der Waals surface area contributed by atoms with Crippen LogP contribution in [0, 0.1) is 0 Å². The van der Waals surface area contributed by atoms with E-state index in [1.165, 1.54) is 12.3 Å². The van der Waals surface area contributed by atoms with Crippen LogP contribution in [0.25, 0.3) is 0 Å². The van der Waals surface area contributed by atoms with Crippen LogP contribution in [0.2, 0.25) is 0 Å². The number of hydrogen-bond donors (Lipinski definition) is 1. The smallest absolute Gasteiger partial charge is 0.346 e. The first-order valence-electron chi connectivity index (χ1n) is 6.55. The Labute approximate surface area is 132 Å². The van der Waals surface area contributed by atoms with Crippen LogP contribution < -0.4 is 5.32 Å². The zero-order valence-electron chi connectivity index (χ0n) is 11.9. The Kier molecular flexibility index (Phi) is 4.81. The SMILES string of the molecule is O=C(NCc1ccccn1)c1ccc(C(F)(F)F)cc1C(F)(F)F. The van der Waals surface area contributed by atoms with Gasteiger partial charge in [-0.3, -0.25) is 9.78 Å². The van der Waals surface area contributed by atoms with E-state index in [1.54, 1.807) is 12.1 Å². The molecular formula is C15H10F6N2O. The van der Waals surface area contributed by atoms with Crippen molar-refractivity contribution in [2.24, 2.45) is 0 Å². The molecule has 3 nitrogen and oxygen atoms in total. The lowest BCUT2D eigenvalue weighted by atomic mass is 10.0. The molecule has 0 fully saturated rings. The third-order valence-corrected chi connectivity index (χ3v) is 3.05. The molecule has 0 aliphatic heterocycles. The van der Waals surface area contributed by atoms with Gasteiger partial charge in [0.05, 0.1) is 28.9 Å². The summed E-state index contributed by atoms with van der Waals surface area (Å²) in [4.78, 5) is 15.8. The highest BCUT2D eigenvalue weighted by molar-refractivity contribution is 5.96. The minimum absolute atomic E-state index is 0.0737. The van der Waals surface area contributed by atoms with Gasteiger partial charge in [0.1, 0.15) is 0 Å². The Morgan fingerprint density at radius 3 is 2.25 bits per heavy atom. The molecule has 9 heteroatoms. The van der Waals surface area contributed by atoms with Crippen molar-refractivity contribution in [2.45, 2.75) is 18.9 Å². The number of amides is 1. The maximum absolute atomic E-state index is 13.0. The van der Waals surface area contributed by atoms with Crippen molar-refractivity contribution < 1.29 is 31.1 Å². The summed E-state index contributed by atoms with van der Waals surface area (Å²) in [5, 5.41) is 2.20. The van der Waals surface area contributed by atoms with Gasteiger partial charge in [-0.05, 0) is 30.3 Å². The summed E-state index contributed by atoms with van der Waals surface area (Å²) in [7, 11) is 0. The van der Waals surface area contributed by atoms with Crippen molar-refractivity contribution in [3.63, 3.8) is 0 Å². The second kappa shape index (κ2) is 6.50. The minimum atomic E-state index is -5.10. The fourth-order valence-corrected chi connectivity index (χ4v) is 1.92. The van der Waals surface area contributed by atoms with Crippen LogP contribution in [-0.4, -0.2) is 10.9 Å². The summed E-state index contributed by atoms with van der Waals surface area (Å²) in [5.74, 6) is -1.14. The predicted molar refractivity (Wildman–Crippen MR) is 71.9 cm³/mol. The van der Waals surface area contributed by atoms with E-state index in [4.69, 9.17) is 0 Å². The van der Waals surface area contributed by atoms with Crippen LogP contribution in [0.3, 0.4) is 0 Å². The van der Waals surface area contributed by atoms with Crippen molar-refractivity contribution in [2.75, 3.05) is 0 Å². The highest BCUT2D eigenvalue weighted by atomic mass is 19.4. The van der Waals surface area contributed by atoms with Crippen molar-refractivity contribution in [3.05, 3.63) is 65.0 Å². The number of halogens is 6. The van der Waals surface area contributed by atoms with Crippen LogP contribution in [0.5, 0.6) is 0 Å². The van der Waals surface area contributed by atoms with Gasteiger partial charge in [-0.2, -0.15) is 26.3 Å². The molecule has 1 heterocycles. The second-order valence-electron chi connectivity index (χ2n) is 4.76. The van der Waals surface area contributed by atoms with Gasteiger partial charge in [-0.1, -0.05) is 6.07 Å². The molecule has 128 valence electrons. The molecule has 1 aromatic heterocycles. The molecule has 1 N–H and O–H groups in total. The molecular weight excluding hydrogens is 338 g/mol. The summed E-state index contributed by atoms with van der Waals surface area (Å²) in [5.41, 5.74) is -3.61. The lowest BCUT2D eigenvalue weighted by Crippen LogP contribution is -2.26. The molecule has 0 aliphatic rings. The van der Waals surface area contributed by atoms with E-state index in [2.05, 4.69) is 10.3 Å². The third kappa shape index (κ3) is 4.24. The molecule has 2 rings (SSSR count). The molecule has 0 saturated carbocycles. The first-order chi connectivity index (χ1) is 11.1. The number of rotatable bonds is 3. The van der Waals surface area contributed by atoms with E-state index in [1.807, 2.05) is 0 Å². The normalized spacial score (nSPS) is 12.1. The maximum Gasteiger partial charge on any atom is 0.417 e. The summed E-state index contributed by atoms with van der Waals surface area (Å²) in [6.07, 6.45) is -8.61. The molecule has 0 aliphatic carbocycles. The number of benzene rings is 1. The molecule has 24 heavy (non-hydrogen) atoms. The lowest BCUT2D eigenvalue weighted by molar-refractivity contribution is -0.143. The predicted octanol–water partition coefficient (Wildman–Crippen LogP) is 4.05. The van der Waals surface area contributed by atoms with Crippen molar-refractivity contribution in [1.82, 2.24) is 10.3 Å². The van der Waals surface area contributed by atoms with Gasteiger partial charge < -0.3 is 5.32 Å². The van der Waals surface area contributed by atoms with Crippen molar-refractivity contribution in [1.29, 1.82) is 0 Å². The monoisotopic (exact) mass is 348 g/mol. The molecule has 2 aromatic rings. The van der Waals surface area contributed by atoms with E-state index >= 15 is 0 Å². The molecule has 0 radical (unpaired) electrons. The number of aromatic nitrogens is 1. The standard InChI is InChI=1S/C15H10F6N2O/c16-14(17,18)9-4-5-11(12(7-9)15(19,20)21)13(24)23-8-10-3-1-2-6-22-10/h1-7H,8H2,(H,23,24). The quantitative estimate of drug-likeness (QED) is 0.851. The number of alkyl halides is 6. The Morgan fingerprint density at radius 1 is 1.00 bits per heavy atom. The average Bonchev–Trinajstić information content (AvgIpc) is 2.51. The number of hydrogen-bond acceptors (Lipinski definition) is 2. The van der Waals surface area contributed by atoms with Crippen LogP contribution in [0.4, 0.5) is 26.3 Å². The van der Waals surface area contributed by atoms with Crippen LogP contribution >= 0.6 is 0 Å². The third-order valence-electron chi connectivity index (χ3n) is 3.05. The Morgan fingerprint density at radius 2 is 1.71 bits per heavy atom. The summed E-state index contributed by atoms with van der Waals surface area (Å²) >= 11 is 0. The summed E-state index contributed by atoms with van der Waals surface area (Å²) in [6, 6.07) is 5.65. The largest absolute Gasteiger partial charge is 0.417 e. The lowest BCUT2D eigenvalue weighted by Gasteiger charge is -2.15. The van der Waals surface area contributed by atoms with Gasteiger partial charge in [0, 0.05) is 6.20 Å². The highest BCUT2D eigenvalue weighted by Crippen LogP contribution is 2.37. The Bertz CT molecular complexity index is 725. The topological polar surface area (TPSA) is 42.0 Å². The van der Waals surface area contributed by atoms with E-state index in [0.717, 1.165) is 0 Å². The van der Waals surface area contributed by atoms with Gasteiger partial charge in [0.25, 0.3) is 5.91 Å². The number of nitrogens with zero attached hydrogens (tertiary/aromatic N) is 1. The van der Waals surface area contributed by atoms with E-state index in [-0.39, 0.29) is 12.6 Å². The number of carbonyl (C=O) groups excluding carboxylic acids is 1. The zero-order chi connectivity index (χ0) is 18.0. The fraction of sp³-hybridized carbons (Fsp3) is 0.200. The Hall–Kier alpha value is -2.58. The van der Waals surface area contributed by atoms with Gasteiger partial charge in [-0.15, -0.1) is 0 Å². The zero-order valence-corrected chi connectivity index (χ0v) is 11.9. The maximum atomic E-state index is 13.0. The van der Waals surface area contributed by atoms with Crippen molar-refractivity contribution in [3.8, 4) is 0 Å². The van der Waals surface area contributed by atoms with Gasteiger partial charge in [0.15, 0.2) is 0 Å². The molecule has 0 unspecified atom stereocenters. The summed E-state index contributed by atoms with van der Waals surface area (Å²) in [6.45, 7) is -0.155. The van der Waals surface area contributed by atoms with Gasteiger partial charge in [0.2, 0.25) is 0 Å². The molecule has 0 spiro atoms. The van der Waals surface area contributed by atoms with Gasteiger partial charge in [-0.25, -0.2) is 0 Å². The molecule has 1 aromatic carbocycles. The first kappa shape index (κ1) is 17.8. The molecule has 0 bridgehead atoms. The number of carbonyl (C=O) groups is 1. The van der Waals surface area contributed by atoms with E-state index < -0.39 is 35.0 Å². The first-order valence-corrected chi connectivity index (χ1v) is 6.55. The summed E-state index contributed by atoms with van der Waals surface area (Å²) < 4.78 is 76.7.